The highest BCUT2D eigenvalue weighted by Crippen LogP contribution is 2.18. The van der Waals surface area contributed by atoms with Gasteiger partial charge in [0, 0.05) is 0 Å². The largest absolute Gasteiger partial charge is 0.321 e. The lowest BCUT2D eigenvalue weighted by Crippen LogP contribution is -2.17. The number of amides is 1. The van der Waals surface area contributed by atoms with E-state index in [0.29, 0.717) is 0 Å². The molecule has 0 aliphatic rings. The van der Waals surface area contributed by atoms with Gasteiger partial charge in [0.1, 0.15) is 4.90 Å². The van der Waals surface area contributed by atoms with Crippen LogP contribution in [0.2, 0.25) is 0 Å². The molecule has 1 rings (SSSR count). The first-order valence-electron chi connectivity index (χ1n) is 4.50. The Balaban J connectivity index is 3.10. The van der Waals surface area contributed by atoms with E-state index in [1.807, 2.05) is 0 Å². The summed E-state index contributed by atoms with van der Waals surface area (Å²) in [7, 11) is -3.83. The zero-order valence-corrected chi connectivity index (χ0v) is 9.49. The first-order chi connectivity index (χ1) is 7.45. The first kappa shape index (κ1) is 12.4. The number of carbonyl (C=O) groups excluding carboxylic acids is 1. The van der Waals surface area contributed by atoms with Crippen LogP contribution in [-0.2, 0) is 14.8 Å². The van der Waals surface area contributed by atoms with Crippen LogP contribution in [0.5, 0.6) is 0 Å². The van der Waals surface area contributed by atoms with E-state index >= 15 is 0 Å². The highest BCUT2D eigenvalue weighted by molar-refractivity contribution is 7.89. The third kappa shape index (κ3) is 3.18. The lowest BCUT2D eigenvalue weighted by molar-refractivity contribution is -0.111. The molecule has 1 aromatic carbocycles. The molecule has 0 unspecified atom stereocenters. The van der Waals surface area contributed by atoms with Crippen LogP contribution < -0.4 is 10.5 Å². The molecule has 3 N–H and O–H groups in total. The topological polar surface area (TPSA) is 89.3 Å². The Morgan fingerprint density at radius 2 is 2.00 bits per heavy atom. The molecule has 0 saturated heterocycles. The molecule has 0 bridgehead atoms. The summed E-state index contributed by atoms with van der Waals surface area (Å²) >= 11 is 0. The number of carbonyl (C=O) groups is 1. The van der Waals surface area contributed by atoms with Crippen LogP contribution in [0.3, 0.4) is 0 Å². The quantitative estimate of drug-likeness (QED) is 0.767. The van der Waals surface area contributed by atoms with Gasteiger partial charge in [0.05, 0.1) is 5.69 Å². The normalized spacial score (nSPS) is 11.6. The molecular weight excluding hydrogens is 228 g/mol. The predicted octanol–water partition coefficient (Wildman–Crippen LogP) is 0.849. The number of hydrogen-bond donors (Lipinski definition) is 2. The number of benzene rings is 1. The summed E-state index contributed by atoms with van der Waals surface area (Å²) < 4.78 is 22.4. The number of para-hydroxylation sites is 1. The lowest BCUT2D eigenvalue weighted by atomic mass is 10.3. The molecular formula is C10H12N2O3S. The summed E-state index contributed by atoms with van der Waals surface area (Å²) in [6.45, 7) is 1.69. The number of allylic oxidation sites excluding steroid dienone is 1. The third-order valence-electron chi connectivity index (χ3n) is 1.77. The zero-order valence-electron chi connectivity index (χ0n) is 8.67. The van der Waals surface area contributed by atoms with Gasteiger partial charge in [-0.25, -0.2) is 13.6 Å². The summed E-state index contributed by atoms with van der Waals surface area (Å²) in [6.07, 6.45) is 2.84. The SMILES string of the molecule is CC=CC(=O)Nc1ccccc1S(N)(=O)=O. The molecule has 1 aromatic rings. The van der Waals surface area contributed by atoms with E-state index in [0.717, 1.165) is 0 Å². The first-order valence-corrected chi connectivity index (χ1v) is 6.05. The predicted molar refractivity (Wildman–Crippen MR) is 61.3 cm³/mol. The number of rotatable bonds is 3. The fourth-order valence-electron chi connectivity index (χ4n) is 1.14. The van der Waals surface area contributed by atoms with E-state index in [2.05, 4.69) is 5.32 Å². The maximum atomic E-state index is 11.3. The van der Waals surface area contributed by atoms with E-state index < -0.39 is 15.9 Å². The molecule has 0 spiro atoms. The van der Waals surface area contributed by atoms with Crippen LogP contribution in [-0.4, -0.2) is 14.3 Å². The molecule has 0 aromatic heterocycles. The second-order valence-corrected chi connectivity index (χ2v) is 4.56. The average Bonchev–Trinajstić information content (AvgIpc) is 2.17. The standard InChI is InChI=1S/C10H12N2O3S/c1-2-5-10(13)12-8-6-3-4-7-9(8)16(11,14)15/h2-7H,1H3,(H,12,13)(H2,11,14,15). The average molecular weight is 240 g/mol. The molecule has 6 heteroatoms. The van der Waals surface area contributed by atoms with Crippen molar-refractivity contribution in [3.8, 4) is 0 Å². The van der Waals surface area contributed by atoms with Crippen LogP contribution in [0.4, 0.5) is 5.69 Å². The van der Waals surface area contributed by atoms with Crippen molar-refractivity contribution in [3.63, 3.8) is 0 Å². The second kappa shape index (κ2) is 4.91. The molecule has 0 atom stereocenters. The Bertz CT molecular complexity index is 521. The number of primary sulfonamides is 1. The highest BCUT2D eigenvalue weighted by Gasteiger charge is 2.13. The summed E-state index contributed by atoms with van der Waals surface area (Å²) in [5, 5.41) is 7.44. The van der Waals surface area contributed by atoms with Gasteiger partial charge in [0.2, 0.25) is 15.9 Å². The van der Waals surface area contributed by atoms with Crippen molar-refractivity contribution < 1.29 is 13.2 Å². The van der Waals surface area contributed by atoms with Gasteiger partial charge in [-0.2, -0.15) is 0 Å². The van der Waals surface area contributed by atoms with E-state index in [1.165, 1.54) is 24.3 Å². The number of anilines is 1. The number of sulfonamides is 1. The lowest BCUT2D eigenvalue weighted by Gasteiger charge is -2.07. The minimum atomic E-state index is -3.83. The molecule has 0 heterocycles. The van der Waals surface area contributed by atoms with Crippen LogP contribution in [0, 0.1) is 0 Å². The van der Waals surface area contributed by atoms with E-state index in [1.54, 1.807) is 19.1 Å². The van der Waals surface area contributed by atoms with Crippen molar-refractivity contribution in [3.05, 3.63) is 36.4 Å². The number of nitrogens with two attached hydrogens (primary N) is 1. The number of nitrogens with one attached hydrogen (secondary N) is 1. The summed E-state index contributed by atoms with van der Waals surface area (Å²) in [6, 6.07) is 5.95. The van der Waals surface area contributed by atoms with Gasteiger partial charge >= 0.3 is 0 Å². The minimum Gasteiger partial charge on any atom is -0.321 e. The van der Waals surface area contributed by atoms with E-state index in [-0.39, 0.29) is 10.6 Å². The maximum absolute atomic E-state index is 11.3. The Morgan fingerprint density at radius 1 is 1.38 bits per heavy atom. The Hall–Kier alpha value is -1.66. The zero-order chi connectivity index (χ0) is 12.2. The fourth-order valence-corrected chi connectivity index (χ4v) is 1.84. The van der Waals surface area contributed by atoms with Crippen molar-refractivity contribution in [2.75, 3.05) is 5.32 Å². The molecule has 1 amide bonds. The van der Waals surface area contributed by atoms with Gasteiger partial charge < -0.3 is 5.32 Å². The Labute approximate surface area is 94.0 Å². The summed E-state index contributed by atoms with van der Waals surface area (Å²) in [5.41, 5.74) is 0.174. The van der Waals surface area contributed by atoms with Crippen LogP contribution in [0.15, 0.2) is 41.3 Å². The molecule has 0 aliphatic heterocycles. The molecule has 0 saturated carbocycles. The van der Waals surface area contributed by atoms with Gasteiger partial charge in [-0.1, -0.05) is 18.2 Å². The molecule has 0 fully saturated rings. The van der Waals surface area contributed by atoms with Gasteiger partial charge in [0.25, 0.3) is 0 Å². The summed E-state index contributed by atoms with van der Waals surface area (Å²) in [5.74, 6) is -0.404. The van der Waals surface area contributed by atoms with Gasteiger partial charge in [-0.3, -0.25) is 4.79 Å². The van der Waals surface area contributed by atoms with Crippen molar-refractivity contribution in [2.24, 2.45) is 5.14 Å². The van der Waals surface area contributed by atoms with Gasteiger partial charge in [-0.05, 0) is 25.1 Å². The second-order valence-electron chi connectivity index (χ2n) is 3.03. The van der Waals surface area contributed by atoms with Crippen molar-refractivity contribution in [1.82, 2.24) is 0 Å². The van der Waals surface area contributed by atoms with Crippen molar-refractivity contribution in [2.45, 2.75) is 11.8 Å². The number of hydrogen-bond acceptors (Lipinski definition) is 3. The Morgan fingerprint density at radius 3 is 2.56 bits per heavy atom. The van der Waals surface area contributed by atoms with Gasteiger partial charge in [-0.15, -0.1) is 0 Å². The van der Waals surface area contributed by atoms with E-state index in [9.17, 15) is 13.2 Å². The smallest absolute Gasteiger partial charge is 0.248 e. The summed E-state index contributed by atoms with van der Waals surface area (Å²) in [4.78, 5) is 11.2. The fraction of sp³-hybridized carbons (Fsp3) is 0.100. The van der Waals surface area contributed by atoms with Crippen molar-refractivity contribution in [1.29, 1.82) is 0 Å². The molecule has 0 radical (unpaired) electrons. The Kier molecular flexibility index (Phi) is 3.81. The van der Waals surface area contributed by atoms with Gasteiger partial charge in [0.15, 0.2) is 0 Å². The van der Waals surface area contributed by atoms with Crippen LogP contribution >= 0.6 is 0 Å². The maximum Gasteiger partial charge on any atom is 0.248 e. The minimum absolute atomic E-state index is 0.104. The molecule has 16 heavy (non-hydrogen) atoms. The molecule has 5 nitrogen and oxygen atoms in total. The van der Waals surface area contributed by atoms with Crippen LogP contribution in [0.1, 0.15) is 6.92 Å². The highest BCUT2D eigenvalue weighted by atomic mass is 32.2. The van der Waals surface area contributed by atoms with E-state index in [4.69, 9.17) is 5.14 Å². The third-order valence-corrected chi connectivity index (χ3v) is 2.74. The van der Waals surface area contributed by atoms with Crippen LogP contribution in [0.25, 0.3) is 0 Å². The monoisotopic (exact) mass is 240 g/mol. The van der Waals surface area contributed by atoms with Crippen molar-refractivity contribution >= 4 is 21.6 Å². The molecule has 86 valence electrons. The molecule has 0 aliphatic carbocycles.